The maximum Gasteiger partial charge on any atom is 0.201 e. The van der Waals surface area contributed by atoms with E-state index in [-0.39, 0.29) is 12.2 Å². The van der Waals surface area contributed by atoms with Crippen LogP contribution in [0, 0.1) is 23.7 Å². The summed E-state index contributed by atoms with van der Waals surface area (Å²) in [6.45, 7) is 6.46. The average molecular weight is 298 g/mol. The van der Waals surface area contributed by atoms with Gasteiger partial charge in [0.05, 0.1) is 0 Å². The highest BCUT2D eigenvalue weighted by atomic mass is 17.3. The lowest BCUT2D eigenvalue weighted by Gasteiger charge is -2.60. The average Bonchev–Trinajstić information content (AvgIpc) is 2.69. The van der Waals surface area contributed by atoms with Crippen LogP contribution in [0.25, 0.3) is 0 Å². The fourth-order valence-corrected chi connectivity index (χ4v) is 5.14. The topological polar surface area (TPSA) is 46.2 Å². The van der Waals surface area contributed by atoms with Gasteiger partial charge in [-0.25, -0.2) is 9.78 Å². The van der Waals surface area contributed by atoms with E-state index < -0.39 is 17.7 Å². The fourth-order valence-electron chi connectivity index (χ4n) is 5.14. The third-order valence-electron chi connectivity index (χ3n) is 6.33. The summed E-state index contributed by atoms with van der Waals surface area (Å²) in [7, 11) is 1.70. The number of ether oxygens (including phenoxy) is 3. The van der Waals surface area contributed by atoms with Crippen LogP contribution in [-0.2, 0) is 24.0 Å². The summed E-state index contributed by atoms with van der Waals surface area (Å²) in [5.41, 5.74) is -0.470. The van der Waals surface area contributed by atoms with E-state index in [1.165, 1.54) is 6.42 Å². The summed E-state index contributed by atoms with van der Waals surface area (Å²) in [5, 5.41) is 0. The van der Waals surface area contributed by atoms with E-state index in [0.29, 0.717) is 17.8 Å². The molecule has 8 atom stereocenters. The van der Waals surface area contributed by atoms with Crippen molar-refractivity contribution in [3.63, 3.8) is 0 Å². The van der Waals surface area contributed by atoms with Gasteiger partial charge in [-0.1, -0.05) is 13.8 Å². The Morgan fingerprint density at radius 1 is 1.05 bits per heavy atom. The van der Waals surface area contributed by atoms with Gasteiger partial charge in [0.25, 0.3) is 0 Å². The molecule has 4 heterocycles. The number of hydrogen-bond donors (Lipinski definition) is 0. The maximum atomic E-state index is 6.21. The summed E-state index contributed by atoms with van der Waals surface area (Å²) in [6.07, 6.45) is 3.64. The first-order chi connectivity index (χ1) is 10.00. The predicted molar refractivity (Wildman–Crippen MR) is 73.8 cm³/mol. The van der Waals surface area contributed by atoms with Crippen molar-refractivity contribution >= 4 is 0 Å². The summed E-state index contributed by atoms with van der Waals surface area (Å²) < 4.78 is 17.9. The van der Waals surface area contributed by atoms with E-state index in [1.807, 2.05) is 6.92 Å². The molecular weight excluding hydrogens is 272 g/mol. The second-order valence-electron chi connectivity index (χ2n) is 7.51. The molecule has 5 nitrogen and oxygen atoms in total. The molecule has 5 rings (SSSR count). The Labute approximate surface area is 126 Å². The zero-order chi connectivity index (χ0) is 14.8. The smallest absolute Gasteiger partial charge is 0.201 e. The molecular formula is C16H26O5. The van der Waals surface area contributed by atoms with Crippen LogP contribution in [0.1, 0.15) is 46.5 Å². The normalized spacial score (nSPS) is 59.4. The third kappa shape index (κ3) is 1.81. The Kier molecular flexibility index (Phi) is 3.19. The van der Waals surface area contributed by atoms with Crippen molar-refractivity contribution in [2.45, 2.75) is 70.4 Å². The molecule has 0 amide bonds. The highest BCUT2D eigenvalue weighted by Gasteiger charge is 2.69. The molecule has 5 heteroatoms. The first kappa shape index (κ1) is 14.4. The van der Waals surface area contributed by atoms with Crippen LogP contribution in [0.3, 0.4) is 0 Å². The van der Waals surface area contributed by atoms with Crippen LogP contribution in [0.5, 0.6) is 0 Å². The molecule has 5 aliphatic rings. The lowest BCUT2D eigenvalue weighted by molar-refractivity contribution is -0.577. The van der Waals surface area contributed by atoms with Crippen LogP contribution in [-0.4, -0.2) is 31.1 Å². The Bertz CT molecular complexity index is 429. The molecule has 1 saturated carbocycles. The minimum Gasteiger partial charge on any atom is -0.355 e. The Hall–Kier alpha value is -0.200. The molecule has 0 aromatic heterocycles. The molecule has 2 bridgehead atoms. The quantitative estimate of drug-likeness (QED) is 0.697. The zero-order valence-corrected chi connectivity index (χ0v) is 13.3. The monoisotopic (exact) mass is 298 g/mol. The molecule has 0 radical (unpaired) electrons. The van der Waals surface area contributed by atoms with Gasteiger partial charge in [-0.3, -0.25) is 0 Å². The second-order valence-corrected chi connectivity index (χ2v) is 7.51. The molecule has 120 valence electrons. The number of rotatable bonds is 1. The van der Waals surface area contributed by atoms with Crippen molar-refractivity contribution in [3.05, 3.63) is 0 Å². The summed E-state index contributed by atoms with van der Waals surface area (Å²) in [4.78, 5) is 11.8. The van der Waals surface area contributed by atoms with Gasteiger partial charge in [0, 0.05) is 25.4 Å². The van der Waals surface area contributed by atoms with Crippen LogP contribution in [0.4, 0.5) is 0 Å². The summed E-state index contributed by atoms with van der Waals surface area (Å²) >= 11 is 0. The molecule has 4 aliphatic heterocycles. The zero-order valence-electron chi connectivity index (χ0n) is 13.3. The van der Waals surface area contributed by atoms with Crippen LogP contribution < -0.4 is 0 Å². The molecule has 0 aromatic carbocycles. The number of hydrogen-bond acceptors (Lipinski definition) is 5. The Morgan fingerprint density at radius 2 is 1.86 bits per heavy atom. The van der Waals surface area contributed by atoms with Crippen molar-refractivity contribution < 1.29 is 24.0 Å². The fraction of sp³-hybridized carbons (Fsp3) is 1.00. The van der Waals surface area contributed by atoms with E-state index in [4.69, 9.17) is 24.0 Å². The minimum atomic E-state index is -0.698. The first-order valence-electron chi connectivity index (χ1n) is 8.23. The van der Waals surface area contributed by atoms with Crippen molar-refractivity contribution in [2.75, 3.05) is 7.11 Å². The predicted octanol–water partition coefficient (Wildman–Crippen LogP) is 2.84. The number of fused-ring (bicyclic) bond motifs is 2. The molecule has 21 heavy (non-hydrogen) atoms. The summed E-state index contributed by atoms with van der Waals surface area (Å²) in [6, 6.07) is 0. The van der Waals surface area contributed by atoms with E-state index >= 15 is 0 Å². The van der Waals surface area contributed by atoms with Gasteiger partial charge in [-0.15, -0.1) is 0 Å². The maximum absolute atomic E-state index is 6.21. The lowest BCUT2D eigenvalue weighted by Crippen LogP contribution is -2.70. The third-order valence-corrected chi connectivity index (χ3v) is 6.33. The molecule has 1 aliphatic carbocycles. The van der Waals surface area contributed by atoms with Crippen molar-refractivity contribution in [1.82, 2.24) is 0 Å². The first-order valence-corrected chi connectivity index (χ1v) is 8.23. The van der Waals surface area contributed by atoms with Gasteiger partial charge in [-0.05, 0) is 38.0 Å². The molecule has 3 unspecified atom stereocenters. The SMILES string of the molecule is CO[C@H]1O[C@@H]2O[C@]3(C)CCC4[C@H](C)CCC([C@H]1C)C42OO3. The molecule has 0 aromatic rings. The summed E-state index contributed by atoms with van der Waals surface area (Å²) in [5.74, 6) is 0.953. The highest BCUT2D eigenvalue weighted by Crippen LogP contribution is 2.60. The lowest BCUT2D eigenvalue weighted by atomic mass is 9.58. The van der Waals surface area contributed by atoms with Crippen LogP contribution in [0.15, 0.2) is 0 Å². The number of methoxy groups -OCH3 is 1. The molecule has 1 spiro atoms. The minimum absolute atomic E-state index is 0.230. The van der Waals surface area contributed by atoms with Gasteiger partial charge in [0.15, 0.2) is 18.2 Å². The molecule has 5 fully saturated rings. The van der Waals surface area contributed by atoms with Gasteiger partial charge >= 0.3 is 0 Å². The Morgan fingerprint density at radius 3 is 2.62 bits per heavy atom. The second kappa shape index (κ2) is 4.65. The van der Waals surface area contributed by atoms with Gasteiger partial charge < -0.3 is 14.2 Å². The van der Waals surface area contributed by atoms with Gasteiger partial charge in [0.1, 0.15) is 0 Å². The van der Waals surface area contributed by atoms with E-state index in [1.54, 1.807) is 7.11 Å². The van der Waals surface area contributed by atoms with Crippen molar-refractivity contribution in [1.29, 1.82) is 0 Å². The van der Waals surface area contributed by atoms with E-state index in [0.717, 1.165) is 19.3 Å². The van der Waals surface area contributed by atoms with E-state index in [9.17, 15) is 0 Å². The standard InChI is InChI=1S/C16H26O5/c1-9-5-6-12-10(2)13(17-4)18-14-16(12)11(9)7-8-15(3,19-14)20-21-16/h9-14H,5-8H2,1-4H3/t9-,10-,11?,12?,13+,14-,15+,16?/m1/s1. The molecule has 4 saturated heterocycles. The largest absolute Gasteiger partial charge is 0.355 e. The van der Waals surface area contributed by atoms with Gasteiger partial charge in [0.2, 0.25) is 5.79 Å². The van der Waals surface area contributed by atoms with Crippen LogP contribution >= 0.6 is 0 Å². The van der Waals surface area contributed by atoms with Gasteiger partial charge in [-0.2, -0.15) is 0 Å². The highest BCUT2D eigenvalue weighted by molar-refractivity contribution is 5.08. The van der Waals surface area contributed by atoms with Crippen molar-refractivity contribution in [3.8, 4) is 0 Å². The van der Waals surface area contributed by atoms with Crippen molar-refractivity contribution in [2.24, 2.45) is 23.7 Å². The molecule has 0 N–H and O–H groups in total. The van der Waals surface area contributed by atoms with Crippen LogP contribution in [0.2, 0.25) is 0 Å². The van der Waals surface area contributed by atoms with E-state index in [2.05, 4.69) is 13.8 Å². The Balaban J connectivity index is 1.79.